The molecule has 1 aliphatic carbocycles. The molecule has 0 bridgehead atoms. The Bertz CT molecular complexity index is 1000. The second kappa shape index (κ2) is 7.91. The van der Waals surface area contributed by atoms with E-state index in [4.69, 9.17) is 4.74 Å². The molecule has 3 fully saturated rings. The number of likely N-dealkylation sites (tertiary alicyclic amines) is 1. The van der Waals surface area contributed by atoms with Gasteiger partial charge in [-0.1, -0.05) is 6.07 Å². The first-order valence-electron chi connectivity index (χ1n) is 10.7. The van der Waals surface area contributed by atoms with E-state index in [9.17, 15) is 18.0 Å². The van der Waals surface area contributed by atoms with Crippen LogP contribution in [0.15, 0.2) is 30.6 Å². The molecule has 1 atom stereocenters. The number of carbonyl (C=O) groups excluding carboxylic acids is 1. The van der Waals surface area contributed by atoms with Gasteiger partial charge in [0.25, 0.3) is 5.91 Å². The highest BCUT2D eigenvalue weighted by molar-refractivity contribution is 5.95. The maximum atomic E-state index is 12.8. The second-order valence-electron chi connectivity index (χ2n) is 8.61. The first-order valence-corrected chi connectivity index (χ1v) is 10.7. The standard InChI is InChI=1S/C22H23F3N4O3/c23-22(24,25)32-18-8-14(7-16(9-18)15-1-2-15)10-26-20-27-11-17(12-28-20)19(30)29-5-3-21(29)4-6-31-13-21/h7-9,11-12,15H,1-6,10,13H2,(H,26,27,28)/t21-/m0/s1. The van der Waals surface area contributed by atoms with Crippen LogP contribution in [0.3, 0.4) is 0 Å². The number of hydrogen-bond acceptors (Lipinski definition) is 6. The quantitative estimate of drug-likeness (QED) is 0.723. The molecule has 1 aromatic heterocycles. The Balaban J connectivity index is 1.24. The predicted molar refractivity (Wildman–Crippen MR) is 108 cm³/mol. The van der Waals surface area contributed by atoms with E-state index in [0.717, 1.165) is 31.2 Å². The smallest absolute Gasteiger partial charge is 0.406 e. The molecule has 3 heterocycles. The second-order valence-corrected chi connectivity index (χ2v) is 8.61. The maximum absolute atomic E-state index is 12.8. The van der Waals surface area contributed by atoms with Gasteiger partial charge >= 0.3 is 6.36 Å². The minimum absolute atomic E-state index is 0.112. The molecular weight excluding hydrogens is 425 g/mol. The third-order valence-corrected chi connectivity index (χ3v) is 6.32. The van der Waals surface area contributed by atoms with Crippen molar-refractivity contribution in [1.29, 1.82) is 0 Å². The third kappa shape index (κ3) is 4.36. The Morgan fingerprint density at radius 1 is 1.22 bits per heavy atom. The number of anilines is 1. The number of hydrogen-bond donors (Lipinski definition) is 1. The summed E-state index contributed by atoms with van der Waals surface area (Å²) in [5.74, 6) is 0.237. The van der Waals surface area contributed by atoms with Gasteiger partial charge in [0.1, 0.15) is 5.75 Å². The van der Waals surface area contributed by atoms with Gasteiger partial charge in [-0.15, -0.1) is 13.2 Å². The monoisotopic (exact) mass is 448 g/mol. The molecule has 0 radical (unpaired) electrons. The van der Waals surface area contributed by atoms with Crippen LogP contribution in [0.2, 0.25) is 0 Å². The molecule has 1 aromatic carbocycles. The minimum atomic E-state index is -4.74. The number of carbonyl (C=O) groups is 1. The van der Waals surface area contributed by atoms with Crippen molar-refractivity contribution in [1.82, 2.24) is 14.9 Å². The number of alkyl halides is 3. The van der Waals surface area contributed by atoms with Crippen LogP contribution in [0.25, 0.3) is 0 Å². The Hall–Kier alpha value is -2.88. The van der Waals surface area contributed by atoms with Crippen molar-refractivity contribution in [3.05, 3.63) is 47.3 Å². The zero-order valence-electron chi connectivity index (χ0n) is 17.3. The molecule has 2 aromatic rings. The molecule has 2 aliphatic heterocycles. The lowest BCUT2D eigenvalue weighted by Gasteiger charge is -2.49. The molecule has 2 saturated heterocycles. The van der Waals surface area contributed by atoms with E-state index in [2.05, 4.69) is 20.0 Å². The van der Waals surface area contributed by atoms with Crippen molar-refractivity contribution in [2.75, 3.05) is 25.1 Å². The molecule has 170 valence electrons. The van der Waals surface area contributed by atoms with Crippen molar-refractivity contribution >= 4 is 11.9 Å². The van der Waals surface area contributed by atoms with Crippen LogP contribution in [-0.4, -0.2) is 52.4 Å². The molecule has 1 N–H and O–H groups in total. The number of nitrogens with one attached hydrogen (secondary N) is 1. The number of benzene rings is 1. The van der Waals surface area contributed by atoms with Gasteiger partial charge < -0.3 is 19.7 Å². The van der Waals surface area contributed by atoms with Gasteiger partial charge in [-0.05, 0) is 54.9 Å². The Labute approximate surface area is 182 Å². The Morgan fingerprint density at radius 2 is 2.00 bits per heavy atom. The molecule has 3 aliphatic rings. The van der Waals surface area contributed by atoms with E-state index in [1.54, 1.807) is 0 Å². The van der Waals surface area contributed by atoms with Crippen LogP contribution in [0.5, 0.6) is 5.75 Å². The van der Waals surface area contributed by atoms with Crippen molar-refractivity contribution in [3.8, 4) is 5.75 Å². The van der Waals surface area contributed by atoms with Crippen LogP contribution >= 0.6 is 0 Å². The summed E-state index contributed by atoms with van der Waals surface area (Å²) in [6.45, 7) is 2.16. The van der Waals surface area contributed by atoms with E-state index < -0.39 is 6.36 Å². The molecule has 0 unspecified atom stereocenters. The largest absolute Gasteiger partial charge is 0.573 e. The highest BCUT2D eigenvalue weighted by Gasteiger charge is 2.50. The average Bonchev–Trinajstić information content (AvgIpc) is 3.46. The van der Waals surface area contributed by atoms with E-state index in [0.29, 0.717) is 36.8 Å². The van der Waals surface area contributed by atoms with E-state index in [-0.39, 0.29) is 29.7 Å². The number of amides is 1. The molecule has 1 spiro atoms. The molecule has 7 nitrogen and oxygen atoms in total. The Morgan fingerprint density at radius 3 is 2.59 bits per heavy atom. The summed E-state index contributed by atoms with van der Waals surface area (Å²) in [5, 5.41) is 3.01. The lowest BCUT2D eigenvalue weighted by Crippen LogP contribution is -2.62. The Kier molecular flexibility index (Phi) is 5.19. The van der Waals surface area contributed by atoms with Gasteiger partial charge in [0.2, 0.25) is 5.95 Å². The molecular formula is C22H23F3N4O3. The molecule has 1 amide bonds. The maximum Gasteiger partial charge on any atom is 0.573 e. The van der Waals surface area contributed by atoms with E-state index in [1.165, 1.54) is 24.5 Å². The average molecular weight is 448 g/mol. The lowest BCUT2D eigenvalue weighted by atomic mass is 9.83. The van der Waals surface area contributed by atoms with Crippen molar-refractivity contribution in [2.45, 2.75) is 50.0 Å². The zero-order chi connectivity index (χ0) is 22.3. The number of halogens is 3. The van der Waals surface area contributed by atoms with Gasteiger partial charge in [0, 0.05) is 32.1 Å². The normalized spacial score (nSPS) is 22.7. The fourth-order valence-electron chi connectivity index (χ4n) is 4.36. The summed E-state index contributed by atoms with van der Waals surface area (Å²) in [6, 6.07) is 4.68. The minimum Gasteiger partial charge on any atom is -0.406 e. The summed E-state index contributed by atoms with van der Waals surface area (Å²) >= 11 is 0. The number of aromatic nitrogens is 2. The summed E-state index contributed by atoms with van der Waals surface area (Å²) in [5.41, 5.74) is 1.70. The van der Waals surface area contributed by atoms with Crippen LogP contribution in [-0.2, 0) is 11.3 Å². The summed E-state index contributed by atoms with van der Waals surface area (Å²) < 4.78 is 47.6. The summed E-state index contributed by atoms with van der Waals surface area (Å²) in [7, 11) is 0. The van der Waals surface area contributed by atoms with Gasteiger partial charge in [0.05, 0.1) is 17.7 Å². The van der Waals surface area contributed by atoms with Gasteiger partial charge in [-0.25, -0.2) is 9.97 Å². The molecule has 32 heavy (non-hydrogen) atoms. The van der Waals surface area contributed by atoms with Gasteiger partial charge in [-0.3, -0.25) is 4.79 Å². The predicted octanol–water partition coefficient (Wildman–Crippen LogP) is 3.87. The molecule has 5 rings (SSSR count). The van der Waals surface area contributed by atoms with Gasteiger partial charge in [0.15, 0.2) is 0 Å². The lowest BCUT2D eigenvalue weighted by molar-refractivity contribution is -0.274. The fraction of sp³-hybridized carbons (Fsp3) is 0.500. The van der Waals surface area contributed by atoms with Crippen LogP contribution in [0, 0.1) is 0 Å². The first-order chi connectivity index (χ1) is 15.3. The third-order valence-electron chi connectivity index (χ3n) is 6.32. The van der Waals surface area contributed by atoms with Crippen LogP contribution in [0.4, 0.5) is 19.1 Å². The number of ether oxygens (including phenoxy) is 2. The SMILES string of the molecule is O=C(c1cnc(NCc2cc(OC(F)(F)F)cc(C3CC3)c2)nc1)N1CC[C@@]12CCOC2. The highest BCUT2D eigenvalue weighted by atomic mass is 19.4. The topological polar surface area (TPSA) is 76.6 Å². The van der Waals surface area contributed by atoms with Crippen molar-refractivity contribution in [3.63, 3.8) is 0 Å². The van der Waals surface area contributed by atoms with Crippen molar-refractivity contribution < 1.29 is 27.4 Å². The fourth-order valence-corrected chi connectivity index (χ4v) is 4.36. The van der Waals surface area contributed by atoms with Crippen molar-refractivity contribution in [2.24, 2.45) is 0 Å². The van der Waals surface area contributed by atoms with E-state index in [1.807, 2.05) is 11.0 Å². The highest BCUT2D eigenvalue weighted by Crippen LogP contribution is 2.42. The number of nitrogens with zero attached hydrogens (tertiary/aromatic N) is 3. The summed E-state index contributed by atoms with van der Waals surface area (Å²) in [6.07, 6.45) is 1.92. The zero-order valence-corrected chi connectivity index (χ0v) is 17.3. The molecule has 1 saturated carbocycles. The molecule has 10 heteroatoms. The van der Waals surface area contributed by atoms with Crippen LogP contribution in [0.1, 0.15) is 53.1 Å². The van der Waals surface area contributed by atoms with Crippen LogP contribution < -0.4 is 10.1 Å². The first kappa shape index (κ1) is 21.0. The van der Waals surface area contributed by atoms with Gasteiger partial charge in [-0.2, -0.15) is 0 Å². The van der Waals surface area contributed by atoms with E-state index >= 15 is 0 Å². The summed E-state index contributed by atoms with van der Waals surface area (Å²) in [4.78, 5) is 23.1. The number of rotatable bonds is 6.